The van der Waals surface area contributed by atoms with Crippen LogP contribution >= 0.6 is 11.8 Å². The minimum absolute atomic E-state index is 0.0673. The van der Waals surface area contributed by atoms with Crippen molar-refractivity contribution < 1.29 is 19.4 Å². The van der Waals surface area contributed by atoms with Crippen LogP contribution in [0.2, 0.25) is 0 Å². The van der Waals surface area contributed by atoms with Gasteiger partial charge in [0.2, 0.25) is 0 Å². The molecule has 0 aromatic heterocycles. The summed E-state index contributed by atoms with van der Waals surface area (Å²) in [5.74, 6) is 1.50. The summed E-state index contributed by atoms with van der Waals surface area (Å²) >= 11 is 1.50. The zero-order chi connectivity index (χ0) is 22.9. The number of hydrogen-bond acceptors (Lipinski definition) is 6. The number of aliphatic hydroxyl groups excluding tert-OH is 1. The Kier molecular flexibility index (Phi) is 8.94. The zero-order valence-corrected chi connectivity index (χ0v) is 19.7. The van der Waals surface area contributed by atoms with E-state index in [1.807, 2.05) is 24.3 Å². The highest BCUT2D eigenvalue weighted by Crippen LogP contribution is 2.36. The van der Waals surface area contributed by atoms with Gasteiger partial charge in [0.1, 0.15) is 6.61 Å². The van der Waals surface area contributed by atoms with Crippen LogP contribution < -0.4 is 9.47 Å². The van der Waals surface area contributed by atoms with E-state index >= 15 is 0 Å². The molecule has 1 atom stereocenters. The third-order valence-electron chi connectivity index (χ3n) is 5.10. The summed E-state index contributed by atoms with van der Waals surface area (Å²) in [7, 11) is 1.57. The molecule has 6 heteroatoms. The predicted molar refractivity (Wildman–Crippen MR) is 132 cm³/mol. The fourth-order valence-corrected chi connectivity index (χ4v) is 4.86. The number of benzene rings is 2. The Hall–Kier alpha value is -2.57. The topological polar surface area (TPSA) is 68.1 Å². The normalized spacial score (nSPS) is 19.4. The number of aliphatic imine (C=N–C) groups is 1. The number of thioether (sulfide) groups is 1. The Morgan fingerprint density at radius 3 is 2.66 bits per heavy atom. The molecule has 2 aromatic rings. The molecule has 5 nitrogen and oxygen atoms in total. The number of methoxy groups -OCH3 is 1. The van der Waals surface area contributed by atoms with Crippen molar-refractivity contribution in [1.82, 2.24) is 0 Å². The molecule has 2 aromatic carbocycles. The molecule has 0 aliphatic carbocycles. The van der Waals surface area contributed by atoms with E-state index in [1.165, 1.54) is 17.3 Å². The Bertz CT molecular complexity index is 969. The van der Waals surface area contributed by atoms with Crippen LogP contribution in [-0.2, 0) is 11.2 Å². The second kappa shape index (κ2) is 11.9. The molecule has 0 radical (unpaired) electrons. The first-order chi connectivity index (χ1) is 15.5. The highest BCUT2D eigenvalue weighted by atomic mass is 32.2. The highest BCUT2D eigenvalue weighted by Gasteiger charge is 2.27. The molecule has 1 aliphatic heterocycles. The number of ketones is 1. The highest BCUT2D eigenvalue weighted by molar-refractivity contribution is 8.18. The van der Waals surface area contributed by atoms with E-state index in [0.717, 1.165) is 23.4 Å². The van der Waals surface area contributed by atoms with E-state index in [-0.39, 0.29) is 31.0 Å². The lowest BCUT2D eigenvalue weighted by molar-refractivity contribution is -0.115. The maximum Gasteiger partial charge on any atom is 0.169 e. The number of rotatable bonds is 8. The quantitative estimate of drug-likeness (QED) is 0.559. The first-order valence-corrected chi connectivity index (χ1v) is 11.8. The minimum atomic E-state index is -0.0673. The molecule has 1 unspecified atom stereocenters. The molecule has 170 valence electrons. The number of nitrogens with zero attached hydrogens (tertiary/aromatic N) is 1. The summed E-state index contributed by atoms with van der Waals surface area (Å²) in [6.45, 7) is 4.27. The van der Waals surface area contributed by atoms with E-state index in [1.54, 1.807) is 13.2 Å². The van der Waals surface area contributed by atoms with Crippen molar-refractivity contribution in [2.75, 3.05) is 20.3 Å². The van der Waals surface area contributed by atoms with Crippen LogP contribution in [0.25, 0.3) is 6.08 Å². The van der Waals surface area contributed by atoms with Gasteiger partial charge in [-0.3, -0.25) is 9.79 Å². The fourth-order valence-electron chi connectivity index (χ4n) is 3.59. The number of carbonyl (C=O) groups is 1. The molecule has 1 saturated heterocycles. The first kappa shape index (κ1) is 24.1. The summed E-state index contributed by atoms with van der Waals surface area (Å²) in [4.78, 5) is 18.6. The van der Waals surface area contributed by atoms with Crippen LogP contribution in [-0.4, -0.2) is 42.3 Å². The van der Waals surface area contributed by atoms with Gasteiger partial charge in [-0.2, -0.15) is 0 Å². The Morgan fingerprint density at radius 2 is 1.97 bits per heavy atom. The summed E-state index contributed by atoms with van der Waals surface area (Å²) in [6, 6.07) is 16.1. The molecule has 0 saturated carbocycles. The monoisotopic (exact) mass is 453 g/mol. The lowest BCUT2D eigenvalue weighted by Crippen LogP contribution is -2.15. The van der Waals surface area contributed by atoms with E-state index < -0.39 is 0 Å². The third-order valence-corrected chi connectivity index (χ3v) is 6.32. The standard InChI is InChI=1S/C26H31NO4S/c1-18(2)27-26-21(15-19-7-5-4-6-8-19)10-11-22(29)25(32-26)17-20-9-12-23(31-14-13-28)24(16-20)30-3/h4-9,12,16-18,21,28H,10-11,13-15H2,1-3H3/b25-17-,27-26?. The van der Waals surface area contributed by atoms with Gasteiger partial charge in [-0.05, 0) is 56.0 Å². The number of aliphatic hydroxyl groups is 1. The van der Waals surface area contributed by atoms with Crippen molar-refractivity contribution in [3.8, 4) is 11.5 Å². The summed E-state index contributed by atoms with van der Waals surface area (Å²) in [5.41, 5.74) is 2.12. The molecular formula is C26H31NO4S. The molecule has 1 fully saturated rings. The van der Waals surface area contributed by atoms with Gasteiger partial charge >= 0.3 is 0 Å². The number of hydrogen-bond donors (Lipinski definition) is 1. The number of allylic oxidation sites excluding steroid dienone is 1. The average molecular weight is 454 g/mol. The van der Waals surface area contributed by atoms with Crippen LogP contribution in [0.15, 0.2) is 58.4 Å². The Labute approximate surface area is 194 Å². The summed E-state index contributed by atoms with van der Waals surface area (Å²) < 4.78 is 10.9. The van der Waals surface area contributed by atoms with Gasteiger partial charge in [0.15, 0.2) is 17.3 Å². The minimum Gasteiger partial charge on any atom is -0.493 e. The molecule has 3 rings (SSSR count). The lowest BCUT2D eigenvalue weighted by Gasteiger charge is -2.17. The lowest BCUT2D eigenvalue weighted by atomic mass is 9.94. The van der Waals surface area contributed by atoms with Crippen LogP contribution in [0, 0.1) is 5.92 Å². The number of ether oxygens (including phenoxy) is 2. The maximum absolute atomic E-state index is 13.0. The van der Waals surface area contributed by atoms with E-state index in [4.69, 9.17) is 19.6 Å². The van der Waals surface area contributed by atoms with Gasteiger partial charge < -0.3 is 14.6 Å². The molecule has 0 spiro atoms. The van der Waals surface area contributed by atoms with Crippen LogP contribution in [0.5, 0.6) is 11.5 Å². The first-order valence-electron chi connectivity index (χ1n) is 11.0. The third kappa shape index (κ3) is 6.71. The van der Waals surface area contributed by atoms with Gasteiger partial charge in [0.05, 0.1) is 23.7 Å². The van der Waals surface area contributed by atoms with Gasteiger partial charge in [-0.25, -0.2) is 0 Å². The smallest absolute Gasteiger partial charge is 0.169 e. The molecule has 1 aliphatic rings. The second-order valence-corrected chi connectivity index (χ2v) is 9.06. The van der Waals surface area contributed by atoms with Crippen molar-refractivity contribution in [2.45, 2.75) is 39.2 Å². The number of Topliss-reactive ketones (excluding diaryl/α,β-unsaturated/α-hetero) is 1. The van der Waals surface area contributed by atoms with Crippen molar-refractivity contribution in [3.05, 3.63) is 64.6 Å². The second-order valence-electron chi connectivity index (χ2n) is 8.00. The average Bonchev–Trinajstić information content (AvgIpc) is 2.92. The molecule has 0 bridgehead atoms. The molecule has 1 heterocycles. The molecular weight excluding hydrogens is 422 g/mol. The predicted octanol–water partition coefficient (Wildman–Crippen LogP) is 5.17. The van der Waals surface area contributed by atoms with Crippen molar-refractivity contribution >= 4 is 28.7 Å². The SMILES string of the molecule is COc1cc(/C=C2\SC(=NC(C)C)C(Cc3ccccc3)CCC2=O)ccc1OCCO. The van der Waals surface area contributed by atoms with E-state index in [0.29, 0.717) is 22.8 Å². The van der Waals surface area contributed by atoms with Crippen molar-refractivity contribution in [2.24, 2.45) is 10.9 Å². The Balaban J connectivity index is 1.88. The fraction of sp³-hybridized carbons (Fsp3) is 0.385. The van der Waals surface area contributed by atoms with Gasteiger partial charge in [-0.15, -0.1) is 0 Å². The van der Waals surface area contributed by atoms with E-state index in [9.17, 15) is 4.79 Å². The van der Waals surface area contributed by atoms with Gasteiger partial charge in [0.25, 0.3) is 0 Å². The largest absolute Gasteiger partial charge is 0.493 e. The maximum atomic E-state index is 13.0. The molecule has 32 heavy (non-hydrogen) atoms. The van der Waals surface area contributed by atoms with Gasteiger partial charge in [-0.1, -0.05) is 48.2 Å². The van der Waals surface area contributed by atoms with Crippen LogP contribution in [0.3, 0.4) is 0 Å². The number of carbonyl (C=O) groups excluding carboxylic acids is 1. The van der Waals surface area contributed by atoms with Gasteiger partial charge in [0, 0.05) is 18.4 Å². The van der Waals surface area contributed by atoms with Crippen LogP contribution in [0.1, 0.15) is 37.8 Å². The Morgan fingerprint density at radius 1 is 1.19 bits per heavy atom. The van der Waals surface area contributed by atoms with Crippen molar-refractivity contribution in [3.63, 3.8) is 0 Å². The molecule has 0 amide bonds. The summed E-state index contributed by atoms with van der Waals surface area (Å²) in [5, 5.41) is 10.0. The molecule has 1 N–H and O–H groups in total. The summed E-state index contributed by atoms with van der Waals surface area (Å²) in [6.07, 6.45) is 4.08. The van der Waals surface area contributed by atoms with Crippen LogP contribution in [0.4, 0.5) is 0 Å². The zero-order valence-electron chi connectivity index (χ0n) is 18.9. The van der Waals surface area contributed by atoms with E-state index in [2.05, 4.69) is 38.1 Å². The van der Waals surface area contributed by atoms with Crippen molar-refractivity contribution in [1.29, 1.82) is 0 Å².